The molecule has 11 heteroatoms. The van der Waals surface area contributed by atoms with Gasteiger partial charge in [-0.2, -0.15) is 0 Å². The lowest BCUT2D eigenvalue weighted by atomic mass is 10.1. The van der Waals surface area contributed by atoms with Crippen LogP contribution in [0.15, 0.2) is 28.9 Å². The molecule has 1 heterocycles. The Kier molecular flexibility index (Phi) is 7.72. The lowest BCUT2D eigenvalue weighted by Gasteiger charge is -2.40. The van der Waals surface area contributed by atoms with Crippen molar-refractivity contribution < 1.29 is 27.9 Å². The quantitative estimate of drug-likeness (QED) is 0.402. The summed E-state index contributed by atoms with van der Waals surface area (Å²) in [6.45, 7) is 5.39. The summed E-state index contributed by atoms with van der Waals surface area (Å²) in [5.41, 5.74) is -0.938. The van der Waals surface area contributed by atoms with Crippen molar-refractivity contribution in [2.45, 2.75) is 32.4 Å². The molecule has 2 amide bonds. The number of allylic oxidation sites excluding steroid dienone is 1. The number of hydrogen-bond acceptors (Lipinski definition) is 6. The molecule has 31 heavy (non-hydrogen) atoms. The molecular weight excluding hydrogens is 434 g/mol. The average Bonchev–Trinajstić information content (AvgIpc) is 2.66. The molecule has 1 aromatic rings. The first-order valence-electron chi connectivity index (χ1n) is 9.32. The van der Waals surface area contributed by atoms with Gasteiger partial charge in [0.25, 0.3) is 5.91 Å². The third-order valence-corrected chi connectivity index (χ3v) is 4.58. The second-order valence-corrected chi connectivity index (χ2v) is 8.16. The Bertz CT molecular complexity index is 897. The van der Waals surface area contributed by atoms with Crippen LogP contribution in [0.3, 0.4) is 0 Å². The van der Waals surface area contributed by atoms with Crippen LogP contribution in [0.2, 0.25) is 0 Å². The molecule has 2 rings (SSSR count). The van der Waals surface area contributed by atoms with Gasteiger partial charge in [-0.15, -0.1) is 0 Å². The highest BCUT2D eigenvalue weighted by Gasteiger charge is 2.34. The molecule has 1 atom stereocenters. The van der Waals surface area contributed by atoms with Crippen LogP contribution in [0.4, 0.5) is 19.3 Å². The predicted octanol–water partition coefficient (Wildman–Crippen LogP) is 3.12. The number of nitrogens with one attached hydrogen (secondary N) is 2. The van der Waals surface area contributed by atoms with E-state index in [0.717, 1.165) is 18.3 Å². The summed E-state index contributed by atoms with van der Waals surface area (Å²) in [7, 11) is 0. The smallest absolute Gasteiger partial charge is 0.410 e. The van der Waals surface area contributed by atoms with Gasteiger partial charge in [0, 0.05) is 31.1 Å². The van der Waals surface area contributed by atoms with E-state index < -0.39 is 40.3 Å². The number of ether oxygens (including phenoxy) is 1. The van der Waals surface area contributed by atoms with E-state index in [1.165, 1.54) is 9.80 Å². The fourth-order valence-corrected chi connectivity index (χ4v) is 3.13. The van der Waals surface area contributed by atoms with E-state index in [4.69, 9.17) is 21.7 Å². The number of hydrogen-bond donors (Lipinski definition) is 2. The largest absolute Gasteiger partial charge is 0.444 e. The van der Waals surface area contributed by atoms with Crippen molar-refractivity contribution in [2.24, 2.45) is 0 Å². The number of carbonyl (C=O) groups excluding carboxylic acids is 3. The molecule has 8 nitrogen and oxygen atoms in total. The summed E-state index contributed by atoms with van der Waals surface area (Å²) in [5.74, 6) is -2.69. The Balaban J connectivity index is 2.20. The minimum atomic E-state index is -0.913. The molecule has 0 bridgehead atoms. The van der Waals surface area contributed by atoms with Crippen LogP contribution in [0.25, 0.3) is 0 Å². The fourth-order valence-electron chi connectivity index (χ4n) is 2.92. The molecule has 0 radical (unpaired) electrons. The number of benzene rings is 1. The first-order chi connectivity index (χ1) is 14.4. The van der Waals surface area contributed by atoms with Crippen LogP contribution in [-0.2, 0) is 14.3 Å². The zero-order valence-electron chi connectivity index (χ0n) is 17.2. The Morgan fingerprint density at radius 3 is 2.35 bits per heavy atom. The van der Waals surface area contributed by atoms with Gasteiger partial charge in [-0.1, -0.05) is 11.6 Å². The first-order valence-corrected chi connectivity index (χ1v) is 9.70. The van der Waals surface area contributed by atoms with E-state index >= 15 is 0 Å². The summed E-state index contributed by atoms with van der Waals surface area (Å²) in [5, 5.41) is 9.46. The monoisotopic (exact) mass is 456 g/mol. The van der Waals surface area contributed by atoms with Crippen LogP contribution in [0, 0.1) is 17.0 Å². The minimum Gasteiger partial charge on any atom is -0.444 e. The van der Waals surface area contributed by atoms with E-state index in [0.29, 0.717) is 12.4 Å². The highest BCUT2D eigenvalue weighted by atomic mass is 35.5. The number of carbonyl (C=O) groups is 3. The van der Waals surface area contributed by atoms with Gasteiger partial charge in [-0.05, 0) is 32.9 Å². The highest BCUT2D eigenvalue weighted by molar-refractivity contribution is 6.45. The van der Waals surface area contributed by atoms with Crippen LogP contribution in [-0.4, -0.2) is 65.6 Å². The van der Waals surface area contributed by atoms with E-state index in [9.17, 15) is 23.2 Å². The fraction of sp³-hybridized carbons (Fsp3) is 0.400. The molecule has 1 saturated heterocycles. The molecule has 0 spiro atoms. The van der Waals surface area contributed by atoms with Gasteiger partial charge in [0.1, 0.15) is 34.6 Å². The summed E-state index contributed by atoms with van der Waals surface area (Å²) in [6.07, 6.45) is 0.786. The predicted molar refractivity (Wildman–Crippen MR) is 111 cm³/mol. The van der Waals surface area contributed by atoms with Gasteiger partial charge in [0.05, 0.1) is 12.2 Å². The molecule has 0 aliphatic carbocycles. The van der Waals surface area contributed by atoms with Crippen LogP contribution >= 0.6 is 11.6 Å². The molecule has 1 aliphatic rings. The van der Waals surface area contributed by atoms with E-state index in [2.05, 4.69) is 5.32 Å². The zero-order valence-corrected chi connectivity index (χ0v) is 18.0. The number of amides is 2. The maximum Gasteiger partial charge on any atom is 0.410 e. The molecule has 1 fully saturated rings. The van der Waals surface area contributed by atoms with Gasteiger partial charge >= 0.3 is 6.09 Å². The molecule has 0 saturated carbocycles. The van der Waals surface area contributed by atoms with Crippen LogP contribution in [0.5, 0.6) is 0 Å². The topological polar surface area (TPSA) is 103 Å². The first kappa shape index (κ1) is 24.3. The Morgan fingerprint density at radius 2 is 1.84 bits per heavy atom. The van der Waals surface area contributed by atoms with E-state index in [-0.39, 0.29) is 31.0 Å². The third kappa shape index (κ3) is 6.48. The molecule has 1 aliphatic heterocycles. The van der Waals surface area contributed by atoms with E-state index in [1.807, 2.05) is 0 Å². The van der Waals surface area contributed by atoms with Crippen molar-refractivity contribution in [3.63, 3.8) is 0 Å². The minimum absolute atomic E-state index is 0.0311. The maximum absolute atomic E-state index is 13.3. The second-order valence-electron chi connectivity index (χ2n) is 7.78. The molecule has 2 N–H and O–H groups in total. The SMILES string of the molecule is CC(C)(C)OC(=O)N1CCN(/C(C=N)=C(\Cl)C(=O)Nc2cc(F)cc(F)c2)C(C=O)C1. The standard InChI is InChI=1S/C20H23ClF2N4O4/c1-20(2,3)31-19(30)26-4-5-27(15(10-26)11-28)16(9-24)17(21)18(29)25-14-7-12(22)6-13(23)8-14/h6-9,11,15,24H,4-5,10H2,1-3H3,(H,25,29)/b17-16-,24-9?. The highest BCUT2D eigenvalue weighted by Crippen LogP contribution is 2.22. The molecule has 168 valence electrons. The maximum atomic E-state index is 13.3. The lowest BCUT2D eigenvalue weighted by molar-refractivity contribution is -0.114. The normalized spacial score (nSPS) is 17.5. The van der Waals surface area contributed by atoms with Gasteiger partial charge in [0.15, 0.2) is 0 Å². The van der Waals surface area contributed by atoms with Crippen molar-refractivity contribution in [1.82, 2.24) is 9.80 Å². The van der Waals surface area contributed by atoms with Crippen molar-refractivity contribution in [2.75, 3.05) is 25.0 Å². The third-order valence-electron chi connectivity index (χ3n) is 4.22. The van der Waals surface area contributed by atoms with Crippen molar-refractivity contribution >= 4 is 41.8 Å². The Morgan fingerprint density at radius 1 is 1.23 bits per heavy atom. The van der Waals surface area contributed by atoms with Crippen molar-refractivity contribution in [3.05, 3.63) is 40.6 Å². The van der Waals surface area contributed by atoms with Crippen molar-refractivity contribution in [1.29, 1.82) is 5.41 Å². The molecular formula is C20H23ClF2N4O4. The summed E-state index contributed by atoms with van der Waals surface area (Å²) in [6, 6.07) is 1.58. The molecule has 1 unspecified atom stereocenters. The summed E-state index contributed by atoms with van der Waals surface area (Å²) in [4.78, 5) is 39.2. The number of aldehydes is 1. The lowest BCUT2D eigenvalue weighted by Crippen LogP contribution is -2.56. The summed E-state index contributed by atoms with van der Waals surface area (Å²) < 4.78 is 32.0. The number of halogens is 3. The summed E-state index contributed by atoms with van der Waals surface area (Å²) >= 11 is 6.13. The number of anilines is 1. The van der Waals surface area contributed by atoms with Crippen molar-refractivity contribution in [3.8, 4) is 0 Å². The Hall–Kier alpha value is -3.01. The van der Waals surface area contributed by atoms with Gasteiger partial charge in [-0.3, -0.25) is 4.79 Å². The van der Waals surface area contributed by atoms with Crippen LogP contribution in [0.1, 0.15) is 20.8 Å². The molecule has 1 aromatic carbocycles. The number of rotatable bonds is 5. The number of nitrogens with zero attached hydrogens (tertiary/aromatic N) is 2. The second kappa shape index (κ2) is 9.86. The van der Waals surface area contributed by atoms with Gasteiger partial charge < -0.3 is 30.1 Å². The van der Waals surface area contributed by atoms with E-state index in [1.54, 1.807) is 20.8 Å². The van der Waals surface area contributed by atoms with Gasteiger partial charge in [0.2, 0.25) is 0 Å². The van der Waals surface area contributed by atoms with Gasteiger partial charge in [-0.25, -0.2) is 13.6 Å². The molecule has 0 aromatic heterocycles. The van der Waals surface area contributed by atoms with Crippen LogP contribution < -0.4 is 5.32 Å². The zero-order chi connectivity index (χ0) is 23.3. The average molecular weight is 457 g/mol. The number of piperazine rings is 1. The Labute approximate surface area is 183 Å².